The van der Waals surface area contributed by atoms with Crippen LogP contribution in [-0.2, 0) is 11.3 Å². The summed E-state index contributed by atoms with van der Waals surface area (Å²) in [6.45, 7) is 3.62. The minimum absolute atomic E-state index is 0.225. The molecule has 0 bridgehead atoms. The van der Waals surface area contributed by atoms with E-state index in [-0.39, 0.29) is 5.82 Å². The lowest BCUT2D eigenvalue weighted by Gasteiger charge is -2.23. The van der Waals surface area contributed by atoms with Gasteiger partial charge in [-0.3, -0.25) is 0 Å². The molecule has 4 nitrogen and oxygen atoms in total. The van der Waals surface area contributed by atoms with Crippen LogP contribution in [0.3, 0.4) is 0 Å². The van der Waals surface area contributed by atoms with Crippen molar-refractivity contribution in [1.82, 2.24) is 14.9 Å². The van der Waals surface area contributed by atoms with Crippen molar-refractivity contribution in [1.29, 1.82) is 0 Å². The zero-order valence-electron chi connectivity index (χ0n) is 12.4. The van der Waals surface area contributed by atoms with Gasteiger partial charge >= 0.3 is 0 Å². The third-order valence-corrected chi connectivity index (χ3v) is 4.13. The molecule has 0 amide bonds. The first-order valence-electron chi connectivity index (χ1n) is 7.65. The van der Waals surface area contributed by atoms with E-state index >= 15 is 0 Å². The lowest BCUT2D eigenvalue weighted by Crippen LogP contribution is -2.30. The molecule has 114 valence electrons. The van der Waals surface area contributed by atoms with E-state index in [1.165, 1.54) is 18.6 Å². The Morgan fingerprint density at radius 1 is 1.48 bits per heavy atom. The lowest BCUT2D eigenvalue weighted by atomic mass is 9.99. The third-order valence-electron chi connectivity index (χ3n) is 4.13. The van der Waals surface area contributed by atoms with Crippen molar-refractivity contribution in [2.45, 2.75) is 31.7 Å². The number of rotatable bonds is 5. The highest BCUT2D eigenvalue weighted by Gasteiger charge is 2.22. The van der Waals surface area contributed by atoms with Gasteiger partial charge in [0.15, 0.2) is 0 Å². The fourth-order valence-electron chi connectivity index (χ4n) is 3.11. The van der Waals surface area contributed by atoms with Crippen LogP contribution in [-0.4, -0.2) is 36.4 Å². The van der Waals surface area contributed by atoms with Crippen molar-refractivity contribution in [2.24, 2.45) is 0 Å². The van der Waals surface area contributed by atoms with E-state index in [1.54, 1.807) is 7.11 Å². The highest BCUT2D eigenvalue weighted by atomic mass is 19.1. The maximum absolute atomic E-state index is 13.4. The fourth-order valence-corrected chi connectivity index (χ4v) is 3.11. The summed E-state index contributed by atoms with van der Waals surface area (Å²) in [6.07, 6.45) is 3.25. The number of hydrogen-bond acceptors (Lipinski definition) is 3. The Morgan fingerprint density at radius 2 is 2.38 bits per heavy atom. The van der Waals surface area contributed by atoms with Gasteiger partial charge in [-0.15, -0.1) is 0 Å². The second-order valence-electron chi connectivity index (χ2n) is 5.64. The minimum Gasteiger partial charge on any atom is -0.385 e. The predicted molar refractivity (Wildman–Crippen MR) is 81.0 cm³/mol. The fraction of sp³-hybridized carbons (Fsp3) is 0.562. The first-order valence-corrected chi connectivity index (χ1v) is 7.65. The number of nitrogens with one attached hydrogen (secondary N) is 1. The monoisotopic (exact) mass is 291 g/mol. The molecular weight excluding hydrogens is 269 g/mol. The van der Waals surface area contributed by atoms with Crippen molar-refractivity contribution in [3.63, 3.8) is 0 Å². The molecule has 1 fully saturated rings. The predicted octanol–water partition coefficient (Wildman–Crippen LogP) is 2.68. The van der Waals surface area contributed by atoms with Gasteiger partial charge in [0.2, 0.25) is 0 Å². The molecule has 1 unspecified atom stereocenters. The Kier molecular flexibility index (Phi) is 4.51. The maximum Gasteiger partial charge on any atom is 0.125 e. The quantitative estimate of drug-likeness (QED) is 0.861. The number of benzene rings is 1. The lowest BCUT2D eigenvalue weighted by molar-refractivity contribution is 0.190. The molecule has 2 aromatic rings. The molecule has 1 aromatic carbocycles. The van der Waals surface area contributed by atoms with Crippen LogP contribution in [0.15, 0.2) is 18.2 Å². The molecule has 21 heavy (non-hydrogen) atoms. The first-order chi connectivity index (χ1) is 10.3. The highest BCUT2D eigenvalue weighted by Crippen LogP contribution is 2.27. The van der Waals surface area contributed by atoms with Crippen LogP contribution in [0.25, 0.3) is 11.0 Å². The molecule has 0 saturated carbocycles. The van der Waals surface area contributed by atoms with Gasteiger partial charge in [0.25, 0.3) is 0 Å². The molecule has 1 aromatic heterocycles. The van der Waals surface area contributed by atoms with E-state index in [0.29, 0.717) is 5.92 Å². The standard InChI is InChI=1S/C16H22FN3O/c1-21-9-3-8-20-15-6-5-13(17)10-14(15)19-16(20)12-4-2-7-18-11-12/h5-6,10,12,18H,2-4,7-9,11H2,1H3. The van der Waals surface area contributed by atoms with Crippen LogP contribution in [0.2, 0.25) is 0 Å². The summed E-state index contributed by atoms with van der Waals surface area (Å²) in [4.78, 5) is 4.72. The van der Waals surface area contributed by atoms with Gasteiger partial charge in [-0.2, -0.15) is 0 Å². The van der Waals surface area contributed by atoms with Crippen LogP contribution in [0.1, 0.15) is 31.0 Å². The number of aromatic nitrogens is 2. The smallest absolute Gasteiger partial charge is 0.125 e. The second-order valence-corrected chi connectivity index (χ2v) is 5.64. The van der Waals surface area contributed by atoms with Gasteiger partial charge in [0, 0.05) is 38.8 Å². The van der Waals surface area contributed by atoms with Crippen molar-refractivity contribution in [2.75, 3.05) is 26.8 Å². The number of piperidine rings is 1. The topological polar surface area (TPSA) is 39.1 Å². The van der Waals surface area contributed by atoms with Crippen molar-refractivity contribution < 1.29 is 9.13 Å². The van der Waals surface area contributed by atoms with Crippen molar-refractivity contribution in [3.8, 4) is 0 Å². The van der Waals surface area contributed by atoms with Crippen LogP contribution in [0.5, 0.6) is 0 Å². The van der Waals surface area contributed by atoms with E-state index in [0.717, 1.165) is 55.9 Å². The number of methoxy groups -OCH3 is 1. The number of hydrogen-bond donors (Lipinski definition) is 1. The number of halogens is 1. The van der Waals surface area contributed by atoms with E-state index in [9.17, 15) is 4.39 Å². The first kappa shape index (κ1) is 14.5. The molecule has 2 heterocycles. The number of ether oxygens (including phenoxy) is 1. The second kappa shape index (κ2) is 6.54. The normalized spacial score (nSPS) is 19.2. The summed E-state index contributed by atoms with van der Waals surface area (Å²) < 4.78 is 20.8. The van der Waals surface area contributed by atoms with Gasteiger partial charge < -0.3 is 14.6 Å². The maximum atomic E-state index is 13.4. The van der Waals surface area contributed by atoms with Gasteiger partial charge in [-0.05, 0) is 37.9 Å². The summed E-state index contributed by atoms with van der Waals surface area (Å²) in [5, 5.41) is 3.43. The molecule has 1 aliphatic heterocycles. The molecule has 0 aliphatic carbocycles. The van der Waals surface area contributed by atoms with Crippen LogP contribution in [0.4, 0.5) is 4.39 Å². The molecule has 1 saturated heterocycles. The molecule has 0 radical (unpaired) electrons. The molecule has 5 heteroatoms. The van der Waals surface area contributed by atoms with Crippen molar-refractivity contribution in [3.05, 3.63) is 29.8 Å². The van der Waals surface area contributed by atoms with E-state index in [1.807, 2.05) is 6.07 Å². The van der Waals surface area contributed by atoms with Crippen molar-refractivity contribution >= 4 is 11.0 Å². The summed E-state index contributed by atoms with van der Waals surface area (Å²) >= 11 is 0. The number of aryl methyl sites for hydroxylation is 1. The summed E-state index contributed by atoms with van der Waals surface area (Å²) in [7, 11) is 1.72. The highest BCUT2D eigenvalue weighted by molar-refractivity contribution is 5.76. The third kappa shape index (κ3) is 3.09. The minimum atomic E-state index is -0.225. The average molecular weight is 291 g/mol. The van der Waals surface area contributed by atoms with E-state index in [4.69, 9.17) is 9.72 Å². The summed E-state index contributed by atoms with van der Waals surface area (Å²) in [5.41, 5.74) is 1.78. The van der Waals surface area contributed by atoms with Crippen LogP contribution >= 0.6 is 0 Å². The average Bonchev–Trinajstić information content (AvgIpc) is 2.86. The van der Waals surface area contributed by atoms with Crippen LogP contribution in [0, 0.1) is 5.82 Å². The molecule has 1 N–H and O–H groups in total. The Morgan fingerprint density at radius 3 is 3.14 bits per heavy atom. The Bertz CT molecular complexity index is 605. The Balaban J connectivity index is 1.97. The van der Waals surface area contributed by atoms with E-state index < -0.39 is 0 Å². The largest absolute Gasteiger partial charge is 0.385 e. The molecule has 1 aliphatic rings. The van der Waals surface area contributed by atoms with Gasteiger partial charge in [0.1, 0.15) is 11.6 Å². The Hall–Kier alpha value is -1.46. The van der Waals surface area contributed by atoms with Gasteiger partial charge in [-0.25, -0.2) is 9.37 Å². The zero-order valence-corrected chi connectivity index (χ0v) is 12.4. The number of fused-ring (bicyclic) bond motifs is 1. The summed E-state index contributed by atoms with van der Waals surface area (Å²) in [5.74, 6) is 1.27. The van der Waals surface area contributed by atoms with E-state index in [2.05, 4.69) is 9.88 Å². The molecule has 1 atom stereocenters. The Labute approximate surface area is 124 Å². The van der Waals surface area contributed by atoms with Gasteiger partial charge in [0.05, 0.1) is 11.0 Å². The van der Waals surface area contributed by atoms with Gasteiger partial charge in [-0.1, -0.05) is 0 Å². The molecular formula is C16H22FN3O. The number of imidazole rings is 1. The zero-order chi connectivity index (χ0) is 14.7. The SMILES string of the molecule is COCCCn1c(C2CCCNC2)nc2cc(F)ccc21. The number of nitrogens with zero attached hydrogens (tertiary/aromatic N) is 2. The summed E-state index contributed by atoms with van der Waals surface area (Å²) in [6, 6.07) is 4.88. The molecule has 3 rings (SSSR count). The molecule has 0 spiro atoms. The van der Waals surface area contributed by atoms with Crippen LogP contribution < -0.4 is 5.32 Å².